The van der Waals surface area contributed by atoms with E-state index in [2.05, 4.69) is 63.7 Å². The number of nitrogens with one attached hydrogen (secondary N) is 2. The molecule has 0 spiro atoms. The minimum absolute atomic E-state index is 0.558. The van der Waals surface area contributed by atoms with Crippen molar-refractivity contribution in [3.8, 4) is 0 Å². The molecule has 0 aliphatic carbocycles. The van der Waals surface area contributed by atoms with Crippen molar-refractivity contribution in [1.82, 2.24) is 20.4 Å². The Morgan fingerprint density at radius 2 is 2.12 bits per heavy atom. The second-order valence-electron chi connectivity index (χ2n) is 6.69. The third kappa shape index (κ3) is 4.77. The molecule has 0 bridgehead atoms. The van der Waals surface area contributed by atoms with Crippen LogP contribution in [-0.4, -0.2) is 48.0 Å². The lowest BCUT2D eigenvalue weighted by Crippen LogP contribution is -2.43. The first-order valence-electron chi connectivity index (χ1n) is 9.62. The summed E-state index contributed by atoms with van der Waals surface area (Å²) < 4.78 is 1.95. The minimum atomic E-state index is 0.558. The Bertz CT molecular complexity index is 694. The molecule has 3 rings (SSSR count). The minimum Gasteiger partial charge on any atom is -0.367 e. The van der Waals surface area contributed by atoms with Crippen molar-refractivity contribution in [3.05, 3.63) is 48.3 Å². The Hall–Kier alpha value is -2.50. The summed E-state index contributed by atoms with van der Waals surface area (Å²) in [6, 6.07) is 11.2. The molecule has 2 aromatic rings. The number of hydrogen-bond acceptors (Lipinski definition) is 3. The van der Waals surface area contributed by atoms with Crippen LogP contribution in [0.25, 0.3) is 0 Å². The van der Waals surface area contributed by atoms with E-state index < -0.39 is 0 Å². The highest BCUT2D eigenvalue weighted by molar-refractivity contribution is 5.79. The molecule has 1 atom stereocenters. The third-order valence-electron chi connectivity index (χ3n) is 4.71. The molecule has 2 N–H and O–H groups in total. The zero-order valence-corrected chi connectivity index (χ0v) is 15.9. The molecule has 0 radical (unpaired) electrons. The van der Waals surface area contributed by atoms with Gasteiger partial charge in [0.05, 0.1) is 0 Å². The predicted octanol–water partition coefficient (Wildman–Crippen LogP) is 2.28. The molecule has 2 heterocycles. The summed E-state index contributed by atoms with van der Waals surface area (Å²) in [6.07, 6.45) is 5.92. The fourth-order valence-corrected chi connectivity index (χ4v) is 3.46. The first kappa shape index (κ1) is 18.3. The summed E-state index contributed by atoms with van der Waals surface area (Å²) in [5.74, 6) is 0.896. The van der Waals surface area contributed by atoms with E-state index in [0.29, 0.717) is 6.04 Å². The van der Waals surface area contributed by atoms with Gasteiger partial charge in [-0.05, 0) is 44.4 Å². The van der Waals surface area contributed by atoms with Gasteiger partial charge in [0.2, 0.25) is 0 Å². The second kappa shape index (κ2) is 9.27. The molecular weight excluding hydrogens is 324 g/mol. The van der Waals surface area contributed by atoms with E-state index in [4.69, 9.17) is 0 Å². The lowest BCUT2D eigenvalue weighted by Gasteiger charge is -2.25. The maximum atomic E-state index is 4.68. The summed E-state index contributed by atoms with van der Waals surface area (Å²) in [7, 11) is 0. The summed E-state index contributed by atoms with van der Waals surface area (Å²) in [6.45, 7) is 8.82. The molecule has 1 aliphatic heterocycles. The number of hydrogen-bond donors (Lipinski definition) is 2. The number of fused-ring (bicyclic) bond motifs is 1. The van der Waals surface area contributed by atoms with Gasteiger partial charge in [-0.25, -0.2) is 0 Å². The monoisotopic (exact) mass is 354 g/mol. The van der Waals surface area contributed by atoms with E-state index >= 15 is 0 Å². The molecular formula is C20H30N6. The molecule has 6 heteroatoms. The van der Waals surface area contributed by atoms with Crippen molar-refractivity contribution in [1.29, 1.82) is 0 Å². The summed E-state index contributed by atoms with van der Waals surface area (Å²) in [5.41, 5.74) is 2.84. The maximum absolute atomic E-state index is 4.68. The molecule has 1 unspecified atom stereocenters. The Kier molecular flexibility index (Phi) is 6.52. The SMILES string of the molecule is CCNC(=NCCCn1cccn1)NCCN1c2ccccc2CC1C. The molecule has 1 aliphatic rings. The number of anilines is 1. The van der Waals surface area contributed by atoms with E-state index in [1.807, 2.05) is 23.1 Å². The molecule has 0 saturated carbocycles. The standard InChI is InChI=1S/C20H30N6/c1-3-21-20(22-10-6-13-25-14-7-11-24-25)23-12-15-26-17(2)16-18-8-4-5-9-19(18)26/h4-5,7-9,11,14,17H,3,6,10,12-13,15-16H2,1-2H3,(H2,21,22,23). The van der Waals surface area contributed by atoms with Crippen LogP contribution in [0, 0.1) is 0 Å². The number of aromatic nitrogens is 2. The van der Waals surface area contributed by atoms with Crippen molar-refractivity contribution >= 4 is 11.6 Å². The Morgan fingerprint density at radius 1 is 1.23 bits per heavy atom. The fourth-order valence-electron chi connectivity index (χ4n) is 3.46. The van der Waals surface area contributed by atoms with Gasteiger partial charge in [0.25, 0.3) is 0 Å². The molecule has 0 saturated heterocycles. The Labute approximate surface area is 156 Å². The first-order chi connectivity index (χ1) is 12.8. The number of aryl methyl sites for hydroxylation is 1. The molecule has 1 aromatic carbocycles. The van der Waals surface area contributed by atoms with Gasteiger partial charge in [-0.1, -0.05) is 18.2 Å². The van der Waals surface area contributed by atoms with Crippen molar-refractivity contribution in [2.24, 2.45) is 4.99 Å². The highest BCUT2D eigenvalue weighted by atomic mass is 15.3. The highest BCUT2D eigenvalue weighted by Crippen LogP contribution is 2.31. The van der Waals surface area contributed by atoms with Gasteiger partial charge >= 0.3 is 0 Å². The number of para-hydroxylation sites is 1. The van der Waals surface area contributed by atoms with Gasteiger partial charge in [0, 0.05) is 56.8 Å². The predicted molar refractivity (Wildman–Crippen MR) is 108 cm³/mol. The highest BCUT2D eigenvalue weighted by Gasteiger charge is 2.24. The first-order valence-corrected chi connectivity index (χ1v) is 9.62. The topological polar surface area (TPSA) is 57.5 Å². The number of benzene rings is 1. The number of rotatable bonds is 8. The van der Waals surface area contributed by atoms with Crippen LogP contribution in [0.2, 0.25) is 0 Å². The second-order valence-corrected chi connectivity index (χ2v) is 6.69. The number of aliphatic imine (C=N–C) groups is 1. The van der Waals surface area contributed by atoms with Crippen molar-refractivity contribution in [2.45, 2.75) is 39.3 Å². The van der Waals surface area contributed by atoms with Gasteiger partial charge < -0.3 is 15.5 Å². The van der Waals surface area contributed by atoms with E-state index in [0.717, 1.165) is 51.5 Å². The van der Waals surface area contributed by atoms with Crippen LogP contribution in [0.4, 0.5) is 5.69 Å². The van der Waals surface area contributed by atoms with Crippen molar-refractivity contribution in [3.63, 3.8) is 0 Å². The number of nitrogens with zero attached hydrogens (tertiary/aromatic N) is 4. The Morgan fingerprint density at radius 3 is 2.92 bits per heavy atom. The van der Waals surface area contributed by atoms with E-state index in [1.165, 1.54) is 11.3 Å². The van der Waals surface area contributed by atoms with Gasteiger partial charge in [-0.2, -0.15) is 5.10 Å². The average Bonchev–Trinajstić information content (AvgIpc) is 3.26. The van der Waals surface area contributed by atoms with Gasteiger partial charge in [-0.3, -0.25) is 9.67 Å². The molecule has 6 nitrogen and oxygen atoms in total. The van der Waals surface area contributed by atoms with Crippen LogP contribution >= 0.6 is 0 Å². The van der Waals surface area contributed by atoms with Crippen LogP contribution < -0.4 is 15.5 Å². The number of guanidine groups is 1. The average molecular weight is 355 g/mol. The smallest absolute Gasteiger partial charge is 0.191 e. The van der Waals surface area contributed by atoms with Crippen LogP contribution in [0.5, 0.6) is 0 Å². The zero-order chi connectivity index (χ0) is 18.2. The van der Waals surface area contributed by atoms with Crippen LogP contribution in [0.15, 0.2) is 47.7 Å². The third-order valence-corrected chi connectivity index (χ3v) is 4.71. The van der Waals surface area contributed by atoms with Gasteiger partial charge in [-0.15, -0.1) is 0 Å². The zero-order valence-electron chi connectivity index (χ0n) is 15.9. The normalized spacial score (nSPS) is 16.6. The van der Waals surface area contributed by atoms with E-state index in [1.54, 1.807) is 0 Å². The van der Waals surface area contributed by atoms with Gasteiger partial charge in [0.15, 0.2) is 5.96 Å². The molecule has 26 heavy (non-hydrogen) atoms. The fraction of sp³-hybridized carbons (Fsp3) is 0.500. The lowest BCUT2D eigenvalue weighted by atomic mass is 10.1. The molecule has 140 valence electrons. The lowest BCUT2D eigenvalue weighted by molar-refractivity contribution is 0.583. The van der Waals surface area contributed by atoms with Crippen LogP contribution in [0.3, 0.4) is 0 Å². The summed E-state index contributed by atoms with van der Waals surface area (Å²) in [4.78, 5) is 7.16. The van der Waals surface area contributed by atoms with Crippen LogP contribution in [-0.2, 0) is 13.0 Å². The Balaban J connectivity index is 1.45. The quantitative estimate of drug-likeness (QED) is 0.434. The molecule has 0 fully saturated rings. The van der Waals surface area contributed by atoms with Crippen LogP contribution in [0.1, 0.15) is 25.8 Å². The van der Waals surface area contributed by atoms with Crippen molar-refractivity contribution in [2.75, 3.05) is 31.1 Å². The van der Waals surface area contributed by atoms with Gasteiger partial charge in [0.1, 0.15) is 0 Å². The molecule has 1 aromatic heterocycles. The largest absolute Gasteiger partial charge is 0.367 e. The van der Waals surface area contributed by atoms with E-state index in [-0.39, 0.29) is 0 Å². The summed E-state index contributed by atoms with van der Waals surface area (Å²) in [5, 5.41) is 11.0. The van der Waals surface area contributed by atoms with Crippen molar-refractivity contribution < 1.29 is 0 Å². The van der Waals surface area contributed by atoms with E-state index in [9.17, 15) is 0 Å². The molecule has 0 amide bonds. The summed E-state index contributed by atoms with van der Waals surface area (Å²) >= 11 is 0. The maximum Gasteiger partial charge on any atom is 0.191 e.